The first-order valence-electron chi connectivity index (χ1n) is 5.72. The molecule has 2 aromatic rings. The zero-order chi connectivity index (χ0) is 14.9. The van der Waals surface area contributed by atoms with Crippen LogP contribution >= 0.6 is 0 Å². The van der Waals surface area contributed by atoms with Gasteiger partial charge >= 0.3 is 0 Å². The molecule has 20 heavy (non-hydrogen) atoms. The van der Waals surface area contributed by atoms with E-state index in [9.17, 15) is 22.0 Å². The molecule has 2 aromatic carbocycles. The summed E-state index contributed by atoms with van der Waals surface area (Å²) in [5, 5.41) is 0. The Morgan fingerprint density at radius 1 is 0.750 bits per heavy atom. The van der Waals surface area contributed by atoms with E-state index in [2.05, 4.69) is 0 Å². The van der Waals surface area contributed by atoms with Gasteiger partial charge < -0.3 is 5.73 Å². The monoisotopic (exact) mass is 287 g/mol. The molecule has 1 nitrogen and oxygen atoms in total. The smallest absolute Gasteiger partial charge is 0.133 e. The molecule has 1 unspecified atom stereocenters. The summed E-state index contributed by atoms with van der Waals surface area (Å²) >= 11 is 0. The lowest BCUT2D eigenvalue weighted by Gasteiger charge is -2.14. The molecule has 0 spiro atoms. The molecule has 0 saturated carbocycles. The predicted molar refractivity (Wildman–Crippen MR) is 63.3 cm³/mol. The van der Waals surface area contributed by atoms with E-state index in [1.54, 1.807) is 0 Å². The molecule has 0 amide bonds. The lowest BCUT2D eigenvalue weighted by atomic mass is 9.98. The van der Waals surface area contributed by atoms with Gasteiger partial charge in [-0.3, -0.25) is 0 Å². The summed E-state index contributed by atoms with van der Waals surface area (Å²) in [6.07, 6.45) is -0.186. The third-order valence-corrected chi connectivity index (χ3v) is 2.79. The Labute approximate surface area is 111 Å². The highest BCUT2D eigenvalue weighted by Crippen LogP contribution is 2.24. The highest BCUT2D eigenvalue weighted by Gasteiger charge is 2.19. The standard InChI is InChI=1S/C14H10F5N/c15-8-1-7(2-9(16)4-8)3-13(20)14-11(18)5-10(17)6-12(14)19/h1-2,4-6,13H,3,20H2. The van der Waals surface area contributed by atoms with Crippen molar-refractivity contribution < 1.29 is 22.0 Å². The van der Waals surface area contributed by atoms with Gasteiger partial charge in [0.15, 0.2) is 0 Å². The van der Waals surface area contributed by atoms with Gasteiger partial charge in [0.05, 0.1) is 0 Å². The SMILES string of the molecule is NC(Cc1cc(F)cc(F)c1)c1c(F)cc(F)cc1F. The summed E-state index contributed by atoms with van der Waals surface area (Å²) in [5.74, 6) is -4.95. The molecule has 6 heteroatoms. The Morgan fingerprint density at radius 2 is 1.20 bits per heavy atom. The molecule has 0 bridgehead atoms. The summed E-state index contributed by atoms with van der Waals surface area (Å²) in [7, 11) is 0. The molecule has 106 valence electrons. The van der Waals surface area contributed by atoms with Crippen LogP contribution in [-0.2, 0) is 6.42 Å². The van der Waals surface area contributed by atoms with Gasteiger partial charge in [-0.05, 0) is 24.1 Å². The van der Waals surface area contributed by atoms with Crippen LogP contribution in [0, 0.1) is 29.1 Å². The lowest BCUT2D eigenvalue weighted by molar-refractivity contribution is 0.500. The molecular weight excluding hydrogens is 277 g/mol. The zero-order valence-corrected chi connectivity index (χ0v) is 10.1. The number of rotatable bonds is 3. The largest absolute Gasteiger partial charge is 0.323 e. The highest BCUT2D eigenvalue weighted by atomic mass is 19.2. The molecule has 0 aromatic heterocycles. The number of benzene rings is 2. The lowest BCUT2D eigenvalue weighted by Crippen LogP contribution is -2.17. The van der Waals surface area contributed by atoms with E-state index in [-0.39, 0.29) is 12.0 Å². The molecule has 0 radical (unpaired) electrons. The molecule has 0 saturated heterocycles. The van der Waals surface area contributed by atoms with E-state index in [1.807, 2.05) is 0 Å². The first-order chi connectivity index (χ1) is 9.36. The van der Waals surface area contributed by atoms with Crippen molar-refractivity contribution in [2.45, 2.75) is 12.5 Å². The average Bonchev–Trinajstić information content (AvgIpc) is 2.25. The van der Waals surface area contributed by atoms with Crippen LogP contribution in [0.1, 0.15) is 17.2 Å². The van der Waals surface area contributed by atoms with Gasteiger partial charge in [0.25, 0.3) is 0 Å². The molecule has 2 N–H and O–H groups in total. The maximum Gasteiger partial charge on any atom is 0.133 e. The number of nitrogens with two attached hydrogens (primary N) is 1. The van der Waals surface area contributed by atoms with E-state index < -0.39 is 40.7 Å². The van der Waals surface area contributed by atoms with Gasteiger partial charge in [0.2, 0.25) is 0 Å². The van der Waals surface area contributed by atoms with Gasteiger partial charge in [-0.1, -0.05) is 0 Å². The molecular formula is C14H10F5N. The van der Waals surface area contributed by atoms with Crippen molar-refractivity contribution in [1.29, 1.82) is 0 Å². The average molecular weight is 287 g/mol. The molecule has 2 rings (SSSR count). The van der Waals surface area contributed by atoms with Crippen molar-refractivity contribution in [3.63, 3.8) is 0 Å². The third kappa shape index (κ3) is 3.14. The minimum Gasteiger partial charge on any atom is -0.323 e. The first-order valence-corrected chi connectivity index (χ1v) is 5.72. The fraction of sp³-hybridized carbons (Fsp3) is 0.143. The summed E-state index contributed by atoms with van der Waals surface area (Å²) < 4.78 is 65.8. The Hall–Kier alpha value is -1.95. The number of hydrogen-bond acceptors (Lipinski definition) is 1. The molecule has 0 aliphatic carbocycles. The number of halogens is 5. The van der Waals surface area contributed by atoms with Crippen molar-refractivity contribution >= 4 is 0 Å². The van der Waals surface area contributed by atoms with E-state index in [0.29, 0.717) is 18.2 Å². The van der Waals surface area contributed by atoms with Crippen LogP contribution in [0.2, 0.25) is 0 Å². The minimum atomic E-state index is -1.18. The second-order valence-electron chi connectivity index (χ2n) is 4.37. The molecule has 0 aliphatic heterocycles. The fourth-order valence-corrected chi connectivity index (χ4v) is 1.99. The number of hydrogen-bond donors (Lipinski definition) is 1. The third-order valence-electron chi connectivity index (χ3n) is 2.79. The Morgan fingerprint density at radius 3 is 1.70 bits per heavy atom. The van der Waals surface area contributed by atoms with E-state index in [4.69, 9.17) is 5.73 Å². The van der Waals surface area contributed by atoms with Crippen molar-refractivity contribution in [1.82, 2.24) is 0 Å². The first kappa shape index (κ1) is 14.5. The zero-order valence-electron chi connectivity index (χ0n) is 10.1. The Bertz CT molecular complexity index is 598. The van der Waals surface area contributed by atoms with Crippen LogP contribution < -0.4 is 5.73 Å². The van der Waals surface area contributed by atoms with Crippen molar-refractivity contribution in [2.75, 3.05) is 0 Å². The van der Waals surface area contributed by atoms with Crippen LogP contribution in [0.25, 0.3) is 0 Å². The van der Waals surface area contributed by atoms with E-state index in [0.717, 1.165) is 12.1 Å². The van der Waals surface area contributed by atoms with Gasteiger partial charge in [-0.25, -0.2) is 22.0 Å². The van der Waals surface area contributed by atoms with E-state index >= 15 is 0 Å². The predicted octanol–water partition coefficient (Wildman–Crippen LogP) is 3.62. The van der Waals surface area contributed by atoms with Crippen LogP contribution in [-0.4, -0.2) is 0 Å². The Kier molecular flexibility index (Phi) is 4.04. The van der Waals surface area contributed by atoms with Crippen LogP contribution in [0.5, 0.6) is 0 Å². The van der Waals surface area contributed by atoms with Gasteiger partial charge in [-0.15, -0.1) is 0 Å². The van der Waals surface area contributed by atoms with Crippen molar-refractivity contribution in [2.24, 2.45) is 5.73 Å². The summed E-state index contributed by atoms with van der Waals surface area (Å²) in [6, 6.07) is 2.53. The second-order valence-corrected chi connectivity index (χ2v) is 4.37. The van der Waals surface area contributed by atoms with Crippen LogP contribution in [0.15, 0.2) is 30.3 Å². The topological polar surface area (TPSA) is 26.0 Å². The quantitative estimate of drug-likeness (QED) is 0.857. The minimum absolute atomic E-state index is 0.151. The maximum absolute atomic E-state index is 13.5. The van der Waals surface area contributed by atoms with Crippen LogP contribution in [0.3, 0.4) is 0 Å². The molecule has 0 fully saturated rings. The molecule has 0 aliphatic rings. The van der Waals surface area contributed by atoms with Crippen molar-refractivity contribution in [3.05, 3.63) is 70.5 Å². The summed E-state index contributed by atoms with van der Waals surface area (Å²) in [4.78, 5) is 0. The van der Waals surface area contributed by atoms with Gasteiger partial charge in [0.1, 0.15) is 29.1 Å². The fourth-order valence-electron chi connectivity index (χ4n) is 1.99. The van der Waals surface area contributed by atoms with Gasteiger partial charge in [-0.2, -0.15) is 0 Å². The maximum atomic E-state index is 13.5. The van der Waals surface area contributed by atoms with Crippen LogP contribution in [0.4, 0.5) is 22.0 Å². The summed E-state index contributed by atoms with van der Waals surface area (Å²) in [5.41, 5.74) is 5.27. The van der Waals surface area contributed by atoms with Gasteiger partial charge in [0, 0.05) is 29.8 Å². The molecule has 1 atom stereocenters. The van der Waals surface area contributed by atoms with Crippen molar-refractivity contribution in [3.8, 4) is 0 Å². The normalized spacial score (nSPS) is 12.5. The summed E-state index contributed by atoms with van der Waals surface area (Å²) in [6.45, 7) is 0. The van der Waals surface area contributed by atoms with E-state index in [1.165, 1.54) is 0 Å². The second kappa shape index (κ2) is 5.58. The molecule has 0 heterocycles. The highest BCUT2D eigenvalue weighted by molar-refractivity contribution is 5.27. The Balaban J connectivity index is 2.30.